The molecule has 0 fully saturated rings. The fourth-order valence-corrected chi connectivity index (χ4v) is 2.07. The molecule has 0 N–H and O–H groups in total. The van der Waals surface area contributed by atoms with Gasteiger partial charge < -0.3 is 4.74 Å². The van der Waals surface area contributed by atoms with Crippen LogP contribution < -0.4 is 4.74 Å². The van der Waals surface area contributed by atoms with Gasteiger partial charge in [-0.25, -0.2) is 4.39 Å². The van der Waals surface area contributed by atoms with Crippen molar-refractivity contribution in [2.24, 2.45) is 10.2 Å². The Morgan fingerprint density at radius 3 is 2.55 bits per heavy atom. The molecule has 2 aromatic rings. The third-order valence-corrected chi connectivity index (χ3v) is 3.02. The summed E-state index contributed by atoms with van der Waals surface area (Å²) in [6.07, 6.45) is 1.48. The van der Waals surface area contributed by atoms with E-state index in [1.54, 1.807) is 12.1 Å². The largest absolute Gasteiger partial charge is 0.494 e. The SMILES string of the molecule is COc1cc(Br)cc(/C=N/c2ccc(F)cc2)c1N=O. The van der Waals surface area contributed by atoms with E-state index >= 15 is 0 Å². The van der Waals surface area contributed by atoms with E-state index in [1.165, 1.54) is 37.6 Å². The molecule has 0 spiro atoms. The highest BCUT2D eigenvalue weighted by Gasteiger charge is 2.10. The zero-order valence-corrected chi connectivity index (χ0v) is 12.1. The van der Waals surface area contributed by atoms with E-state index in [-0.39, 0.29) is 11.5 Å². The number of ether oxygens (including phenoxy) is 1. The number of rotatable bonds is 4. The Hall–Kier alpha value is -2.08. The minimum atomic E-state index is -0.330. The van der Waals surface area contributed by atoms with Crippen molar-refractivity contribution in [3.8, 4) is 5.75 Å². The van der Waals surface area contributed by atoms with Gasteiger partial charge in [0, 0.05) is 16.3 Å². The minimum Gasteiger partial charge on any atom is -0.494 e. The number of nitrogens with zero attached hydrogens (tertiary/aromatic N) is 2. The molecule has 102 valence electrons. The zero-order chi connectivity index (χ0) is 14.5. The summed E-state index contributed by atoms with van der Waals surface area (Å²) in [6.45, 7) is 0. The van der Waals surface area contributed by atoms with Gasteiger partial charge in [0.15, 0.2) is 5.69 Å². The Labute approximate surface area is 123 Å². The summed E-state index contributed by atoms with van der Waals surface area (Å²) in [6, 6.07) is 9.04. The van der Waals surface area contributed by atoms with Gasteiger partial charge in [0.2, 0.25) is 0 Å². The van der Waals surface area contributed by atoms with Crippen LogP contribution in [0.3, 0.4) is 0 Å². The van der Waals surface area contributed by atoms with Gasteiger partial charge >= 0.3 is 0 Å². The summed E-state index contributed by atoms with van der Waals surface area (Å²) in [5.41, 5.74) is 1.25. The average Bonchev–Trinajstić information content (AvgIpc) is 2.46. The van der Waals surface area contributed by atoms with E-state index in [1.807, 2.05) is 0 Å². The second kappa shape index (κ2) is 6.38. The molecule has 0 heterocycles. The van der Waals surface area contributed by atoms with E-state index in [9.17, 15) is 9.30 Å². The highest BCUT2D eigenvalue weighted by atomic mass is 79.9. The van der Waals surface area contributed by atoms with Crippen LogP contribution in [-0.2, 0) is 0 Å². The Kier molecular flexibility index (Phi) is 4.57. The standard InChI is InChI=1S/C14H10BrFN2O2/c1-20-13-7-10(15)6-9(14(13)18-19)8-17-12-4-2-11(16)3-5-12/h2-8H,1H3/b17-8+. The van der Waals surface area contributed by atoms with Crippen LogP contribution in [0.2, 0.25) is 0 Å². The summed E-state index contributed by atoms with van der Waals surface area (Å²) < 4.78 is 18.6. The Morgan fingerprint density at radius 2 is 1.95 bits per heavy atom. The smallest absolute Gasteiger partial charge is 0.158 e. The number of nitroso groups, excluding NO2 is 1. The first-order valence-electron chi connectivity index (χ1n) is 5.64. The van der Waals surface area contributed by atoms with E-state index < -0.39 is 0 Å². The molecule has 6 heteroatoms. The van der Waals surface area contributed by atoms with E-state index in [0.29, 0.717) is 17.0 Å². The van der Waals surface area contributed by atoms with Gasteiger partial charge in [0.05, 0.1) is 12.8 Å². The van der Waals surface area contributed by atoms with Crippen LogP contribution in [0.4, 0.5) is 15.8 Å². The molecule has 4 nitrogen and oxygen atoms in total. The van der Waals surface area contributed by atoms with Crippen LogP contribution in [-0.4, -0.2) is 13.3 Å². The fourth-order valence-electron chi connectivity index (χ4n) is 1.62. The number of aliphatic imine (C=N–C) groups is 1. The maximum Gasteiger partial charge on any atom is 0.158 e. The van der Waals surface area contributed by atoms with Crippen molar-refractivity contribution in [1.29, 1.82) is 0 Å². The maximum atomic E-state index is 12.8. The summed E-state index contributed by atoms with van der Waals surface area (Å²) in [5, 5.41) is 2.96. The lowest BCUT2D eigenvalue weighted by atomic mass is 10.2. The molecule has 0 aromatic heterocycles. The van der Waals surface area contributed by atoms with Crippen LogP contribution >= 0.6 is 15.9 Å². The van der Waals surface area contributed by atoms with Crippen molar-refractivity contribution in [3.05, 3.63) is 57.2 Å². The number of methoxy groups -OCH3 is 1. The van der Waals surface area contributed by atoms with Gasteiger partial charge in [-0.3, -0.25) is 4.99 Å². The molecular weight excluding hydrogens is 327 g/mol. The van der Waals surface area contributed by atoms with Crippen LogP contribution in [0, 0.1) is 10.7 Å². The summed E-state index contributed by atoms with van der Waals surface area (Å²) in [5.74, 6) is 0.0262. The predicted molar refractivity (Wildman–Crippen MR) is 79.8 cm³/mol. The third kappa shape index (κ3) is 3.27. The summed E-state index contributed by atoms with van der Waals surface area (Å²) in [7, 11) is 1.46. The molecule has 2 aromatic carbocycles. The predicted octanol–water partition coefficient (Wildman–Crippen LogP) is 4.75. The van der Waals surface area contributed by atoms with Crippen molar-refractivity contribution >= 4 is 33.5 Å². The molecule has 0 saturated carbocycles. The van der Waals surface area contributed by atoms with Gasteiger partial charge in [-0.05, 0) is 41.6 Å². The molecule has 0 aliphatic rings. The normalized spacial score (nSPS) is 10.8. The Morgan fingerprint density at radius 1 is 1.25 bits per heavy atom. The first-order chi connectivity index (χ1) is 9.63. The van der Waals surface area contributed by atoms with Gasteiger partial charge in [-0.15, -0.1) is 4.91 Å². The molecule has 0 amide bonds. The molecule has 2 rings (SSSR count). The summed E-state index contributed by atoms with van der Waals surface area (Å²) >= 11 is 3.32. The lowest BCUT2D eigenvalue weighted by Crippen LogP contribution is -1.89. The topological polar surface area (TPSA) is 51.0 Å². The van der Waals surface area contributed by atoms with Crippen molar-refractivity contribution < 1.29 is 9.13 Å². The van der Waals surface area contributed by atoms with Crippen molar-refractivity contribution in [3.63, 3.8) is 0 Å². The van der Waals surface area contributed by atoms with Crippen LogP contribution in [0.5, 0.6) is 5.75 Å². The molecule has 0 aliphatic carbocycles. The van der Waals surface area contributed by atoms with E-state index in [0.717, 1.165) is 4.47 Å². The van der Waals surface area contributed by atoms with Crippen molar-refractivity contribution in [2.75, 3.05) is 7.11 Å². The number of hydrogen-bond donors (Lipinski definition) is 0. The van der Waals surface area contributed by atoms with E-state index in [4.69, 9.17) is 4.74 Å². The van der Waals surface area contributed by atoms with Gasteiger partial charge in [0.25, 0.3) is 0 Å². The first kappa shape index (κ1) is 14.3. The monoisotopic (exact) mass is 336 g/mol. The Balaban J connectivity index is 2.39. The maximum absolute atomic E-state index is 12.8. The van der Waals surface area contributed by atoms with Crippen LogP contribution in [0.15, 0.2) is 51.0 Å². The average molecular weight is 337 g/mol. The molecule has 0 atom stereocenters. The molecule has 0 saturated heterocycles. The van der Waals surface area contributed by atoms with Gasteiger partial charge in [-0.1, -0.05) is 15.9 Å². The lowest BCUT2D eigenvalue weighted by Gasteiger charge is -2.06. The Bertz CT molecular complexity index is 657. The molecule has 0 unspecified atom stereocenters. The lowest BCUT2D eigenvalue weighted by molar-refractivity contribution is 0.416. The number of halogens is 2. The highest BCUT2D eigenvalue weighted by Crippen LogP contribution is 2.34. The quantitative estimate of drug-likeness (QED) is 0.597. The highest BCUT2D eigenvalue weighted by molar-refractivity contribution is 9.10. The number of hydrogen-bond acceptors (Lipinski definition) is 4. The summed E-state index contributed by atoms with van der Waals surface area (Å²) in [4.78, 5) is 15.1. The second-order valence-electron chi connectivity index (χ2n) is 3.87. The van der Waals surface area contributed by atoms with Crippen molar-refractivity contribution in [1.82, 2.24) is 0 Å². The molecule has 20 heavy (non-hydrogen) atoms. The van der Waals surface area contributed by atoms with Crippen LogP contribution in [0.1, 0.15) is 5.56 Å². The fraction of sp³-hybridized carbons (Fsp3) is 0.0714. The molecule has 0 radical (unpaired) electrons. The van der Waals surface area contributed by atoms with Gasteiger partial charge in [0.1, 0.15) is 11.6 Å². The minimum absolute atomic E-state index is 0.168. The first-order valence-corrected chi connectivity index (χ1v) is 6.44. The third-order valence-electron chi connectivity index (χ3n) is 2.56. The number of benzene rings is 2. The molecule has 0 bridgehead atoms. The second-order valence-corrected chi connectivity index (χ2v) is 4.79. The zero-order valence-electron chi connectivity index (χ0n) is 10.5. The van der Waals surface area contributed by atoms with Crippen molar-refractivity contribution in [2.45, 2.75) is 0 Å². The molecule has 0 aliphatic heterocycles. The van der Waals surface area contributed by atoms with Gasteiger partial charge in [-0.2, -0.15) is 0 Å². The molecular formula is C14H10BrFN2O2. The van der Waals surface area contributed by atoms with E-state index in [2.05, 4.69) is 26.1 Å². The van der Waals surface area contributed by atoms with Crippen LogP contribution in [0.25, 0.3) is 0 Å².